The monoisotopic (exact) mass is 494 g/mol. The molecule has 2 amide bonds. The van der Waals surface area contributed by atoms with Crippen molar-refractivity contribution in [3.05, 3.63) is 83.2 Å². The van der Waals surface area contributed by atoms with Crippen LogP contribution in [0.25, 0.3) is 11.5 Å². The lowest BCUT2D eigenvalue weighted by Gasteiger charge is -2.28. The van der Waals surface area contributed by atoms with E-state index in [2.05, 4.69) is 48.9 Å². The Hall–Kier alpha value is -4.47. The number of amides is 2. The minimum Gasteiger partial charge on any atom is -0.333 e. The van der Waals surface area contributed by atoms with E-state index < -0.39 is 0 Å². The first-order valence-corrected chi connectivity index (χ1v) is 12.3. The first-order valence-electron chi connectivity index (χ1n) is 12.3. The van der Waals surface area contributed by atoms with Gasteiger partial charge >= 0.3 is 0 Å². The van der Waals surface area contributed by atoms with Crippen LogP contribution in [0, 0.1) is 0 Å². The average molecular weight is 495 g/mol. The molecule has 10 heteroatoms. The molecule has 2 aliphatic rings. The highest BCUT2D eigenvalue weighted by Crippen LogP contribution is 2.35. The first kappa shape index (κ1) is 23.0. The van der Waals surface area contributed by atoms with Crippen LogP contribution >= 0.6 is 0 Å². The molecule has 37 heavy (non-hydrogen) atoms. The highest BCUT2D eigenvalue weighted by Gasteiger charge is 2.34. The Balaban J connectivity index is 1.20. The Bertz CT molecular complexity index is 1510. The van der Waals surface area contributed by atoms with Crippen molar-refractivity contribution in [2.24, 2.45) is 0 Å². The van der Waals surface area contributed by atoms with E-state index >= 15 is 0 Å². The van der Waals surface area contributed by atoms with E-state index in [1.807, 2.05) is 12.1 Å². The highest BCUT2D eigenvalue weighted by atomic mass is 16.2. The molecule has 6 rings (SSSR count). The molecule has 0 spiro atoms. The van der Waals surface area contributed by atoms with Crippen molar-refractivity contribution in [1.29, 1.82) is 0 Å². The van der Waals surface area contributed by atoms with Gasteiger partial charge in [0.2, 0.25) is 0 Å². The summed E-state index contributed by atoms with van der Waals surface area (Å²) in [5.41, 5.74) is 3.17. The Kier molecular flexibility index (Phi) is 5.51. The van der Waals surface area contributed by atoms with E-state index in [1.54, 1.807) is 47.6 Å². The summed E-state index contributed by atoms with van der Waals surface area (Å²) in [5.74, 6) is 1.55. The van der Waals surface area contributed by atoms with Gasteiger partial charge in [0.1, 0.15) is 28.7 Å². The van der Waals surface area contributed by atoms with Gasteiger partial charge in [-0.05, 0) is 68.1 Å². The molecule has 4 aromatic rings. The van der Waals surface area contributed by atoms with Gasteiger partial charge < -0.3 is 14.8 Å². The highest BCUT2D eigenvalue weighted by molar-refractivity contribution is 6.02. The molecule has 6 heterocycles. The van der Waals surface area contributed by atoms with Crippen molar-refractivity contribution in [3.63, 3.8) is 0 Å². The number of nitrogens with one attached hydrogen (secondary N) is 1. The molecule has 0 atom stereocenters. The van der Waals surface area contributed by atoms with Gasteiger partial charge in [-0.25, -0.2) is 4.98 Å². The Labute approximate surface area is 213 Å². The Morgan fingerprint density at radius 3 is 2.70 bits per heavy atom. The van der Waals surface area contributed by atoms with Gasteiger partial charge in [-0.3, -0.25) is 19.6 Å². The van der Waals surface area contributed by atoms with Crippen LogP contribution in [0.3, 0.4) is 0 Å². The third-order valence-corrected chi connectivity index (χ3v) is 7.01. The molecule has 0 saturated carbocycles. The molecule has 10 nitrogen and oxygen atoms in total. The summed E-state index contributed by atoms with van der Waals surface area (Å²) in [4.78, 5) is 40.9. The van der Waals surface area contributed by atoms with Crippen LogP contribution in [0.5, 0.6) is 0 Å². The summed E-state index contributed by atoms with van der Waals surface area (Å²) in [6.07, 6.45) is 5.88. The number of rotatable bonds is 4. The fraction of sp³-hybridized carbons (Fsp3) is 0.296. The minimum absolute atomic E-state index is 0.0893. The second-order valence-electron chi connectivity index (χ2n) is 9.98. The summed E-state index contributed by atoms with van der Waals surface area (Å²) < 4.78 is 2.13. The topological polar surface area (TPSA) is 119 Å². The number of hydrogen-bond donors (Lipinski definition) is 1. The fourth-order valence-corrected chi connectivity index (χ4v) is 5.01. The number of aryl methyl sites for hydroxylation is 1. The molecule has 4 aromatic heterocycles. The maximum absolute atomic E-state index is 13.1. The summed E-state index contributed by atoms with van der Waals surface area (Å²) in [7, 11) is 0. The van der Waals surface area contributed by atoms with E-state index in [1.165, 1.54) is 0 Å². The van der Waals surface area contributed by atoms with Gasteiger partial charge in [0.25, 0.3) is 11.8 Å². The zero-order valence-corrected chi connectivity index (χ0v) is 20.7. The molecular formula is C27H26N8O2. The summed E-state index contributed by atoms with van der Waals surface area (Å²) in [6.45, 7) is 5.30. The fourth-order valence-electron chi connectivity index (χ4n) is 5.01. The van der Waals surface area contributed by atoms with Gasteiger partial charge in [-0.1, -0.05) is 12.1 Å². The number of hydrogen-bond acceptors (Lipinski definition) is 7. The van der Waals surface area contributed by atoms with Crippen LogP contribution in [0.15, 0.2) is 54.9 Å². The molecular weight excluding hydrogens is 468 g/mol. The van der Waals surface area contributed by atoms with Crippen molar-refractivity contribution in [2.75, 3.05) is 11.9 Å². The lowest BCUT2D eigenvalue weighted by molar-refractivity contribution is 0.0728. The van der Waals surface area contributed by atoms with Crippen LogP contribution < -0.4 is 5.32 Å². The maximum Gasteiger partial charge on any atom is 0.275 e. The van der Waals surface area contributed by atoms with Crippen LogP contribution in [0.2, 0.25) is 0 Å². The lowest BCUT2D eigenvalue weighted by Crippen LogP contribution is -2.36. The predicted molar refractivity (Wildman–Crippen MR) is 136 cm³/mol. The largest absolute Gasteiger partial charge is 0.333 e. The van der Waals surface area contributed by atoms with Gasteiger partial charge in [0.15, 0.2) is 5.82 Å². The molecule has 0 aliphatic carbocycles. The Morgan fingerprint density at radius 1 is 0.973 bits per heavy atom. The predicted octanol–water partition coefficient (Wildman–Crippen LogP) is 3.26. The summed E-state index contributed by atoms with van der Waals surface area (Å²) >= 11 is 0. The van der Waals surface area contributed by atoms with Crippen molar-refractivity contribution in [1.82, 2.24) is 34.6 Å². The van der Waals surface area contributed by atoms with Crippen LogP contribution in [-0.2, 0) is 24.9 Å². The van der Waals surface area contributed by atoms with Gasteiger partial charge in [0.05, 0.1) is 0 Å². The van der Waals surface area contributed by atoms with E-state index in [9.17, 15) is 9.59 Å². The number of carbonyl (C=O) groups excluding carboxylic acids is 2. The maximum atomic E-state index is 13.1. The number of nitrogens with zero attached hydrogens (tertiary/aromatic N) is 7. The zero-order chi connectivity index (χ0) is 25.6. The number of aromatic nitrogens is 6. The molecule has 2 aliphatic heterocycles. The van der Waals surface area contributed by atoms with Crippen LogP contribution in [0.4, 0.5) is 5.82 Å². The van der Waals surface area contributed by atoms with E-state index in [4.69, 9.17) is 0 Å². The molecule has 0 aromatic carbocycles. The molecule has 0 fully saturated rings. The minimum atomic E-state index is -0.368. The standard InChI is InChI=1S/C27H26N8O2/c1-27(2)11-9-23-32-33-24(35(23)27)19-7-5-8-22(30-19)31-25(36)21-14-18-16-34(13-10-17(18)15-29-21)26(37)20-6-3-4-12-28-20/h3-8,12,14-15H,9-11,13,16H2,1-2H3,(H,30,31,36). The second-order valence-corrected chi connectivity index (χ2v) is 9.98. The van der Waals surface area contributed by atoms with Crippen LogP contribution in [-0.4, -0.2) is 53.0 Å². The average Bonchev–Trinajstić information content (AvgIpc) is 3.49. The lowest BCUT2D eigenvalue weighted by atomic mass is 10.0. The molecule has 186 valence electrons. The third kappa shape index (κ3) is 4.24. The zero-order valence-electron chi connectivity index (χ0n) is 20.7. The third-order valence-electron chi connectivity index (χ3n) is 7.01. The van der Waals surface area contributed by atoms with Crippen molar-refractivity contribution in [2.45, 2.75) is 45.2 Å². The quantitative estimate of drug-likeness (QED) is 0.462. The molecule has 0 radical (unpaired) electrons. The Morgan fingerprint density at radius 2 is 1.86 bits per heavy atom. The summed E-state index contributed by atoms with van der Waals surface area (Å²) in [5, 5.41) is 11.5. The number of pyridine rings is 3. The molecule has 0 bridgehead atoms. The van der Waals surface area contributed by atoms with Crippen molar-refractivity contribution >= 4 is 17.6 Å². The van der Waals surface area contributed by atoms with Crippen molar-refractivity contribution in [3.8, 4) is 11.5 Å². The first-order chi connectivity index (χ1) is 17.9. The molecule has 0 saturated heterocycles. The van der Waals surface area contributed by atoms with E-state index in [0.29, 0.717) is 42.5 Å². The normalized spacial score (nSPS) is 15.7. The smallest absolute Gasteiger partial charge is 0.275 e. The van der Waals surface area contributed by atoms with Crippen LogP contribution in [0.1, 0.15) is 58.2 Å². The van der Waals surface area contributed by atoms with Crippen molar-refractivity contribution < 1.29 is 9.59 Å². The SMILES string of the molecule is CC1(C)CCc2nnc(-c3cccc(NC(=O)c4cc5c(cn4)CCN(C(=O)c4ccccn4)C5)n3)n21. The number of carbonyl (C=O) groups is 2. The molecule has 1 N–H and O–H groups in total. The van der Waals surface area contributed by atoms with Gasteiger partial charge in [-0.2, -0.15) is 0 Å². The van der Waals surface area contributed by atoms with Gasteiger partial charge in [0, 0.05) is 37.4 Å². The molecule has 0 unspecified atom stereocenters. The number of fused-ring (bicyclic) bond motifs is 2. The van der Waals surface area contributed by atoms with Gasteiger partial charge in [-0.15, -0.1) is 10.2 Å². The van der Waals surface area contributed by atoms with E-state index in [0.717, 1.165) is 29.8 Å². The van der Waals surface area contributed by atoms with E-state index in [-0.39, 0.29) is 23.0 Å². The second kappa shape index (κ2) is 8.88. The number of anilines is 1. The summed E-state index contributed by atoms with van der Waals surface area (Å²) in [6, 6.07) is 12.5.